The number of rotatable bonds is 6. The highest BCUT2D eigenvalue weighted by Crippen LogP contribution is 2.27. The molecule has 7 nitrogen and oxygen atoms in total. The fourth-order valence-corrected chi connectivity index (χ4v) is 1.47. The topological polar surface area (TPSA) is 113 Å². The highest BCUT2D eigenvalue weighted by atomic mass is 16.6. The van der Waals surface area contributed by atoms with Crippen LogP contribution in [0.1, 0.15) is 25.3 Å². The molecule has 0 spiro atoms. The number of carbonyl (C=O) groups is 1. The number of nitro benzene ring substituents is 1. The van der Waals surface area contributed by atoms with Crippen molar-refractivity contribution in [3.63, 3.8) is 0 Å². The molecule has 0 unspecified atom stereocenters. The zero-order valence-corrected chi connectivity index (χ0v) is 11.4. The van der Waals surface area contributed by atoms with Gasteiger partial charge in [0, 0.05) is 6.07 Å². The van der Waals surface area contributed by atoms with Crippen LogP contribution in [0.25, 0.3) is 6.08 Å². The maximum atomic E-state index is 11.6. The third-order valence-electron chi connectivity index (χ3n) is 2.58. The van der Waals surface area contributed by atoms with Crippen LogP contribution in [0, 0.1) is 21.4 Å². The number of benzene rings is 1. The molecule has 1 N–H and O–H groups in total. The van der Waals surface area contributed by atoms with Gasteiger partial charge in [0.1, 0.15) is 11.6 Å². The Morgan fingerprint density at radius 1 is 1.57 bits per heavy atom. The summed E-state index contributed by atoms with van der Waals surface area (Å²) in [6.07, 6.45) is 2.72. The molecule has 0 saturated carbocycles. The molecule has 110 valence electrons. The Kier molecular flexibility index (Phi) is 5.89. The molecule has 1 aromatic carbocycles. The molecule has 0 radical (unpaired) electrons. The molecule has 0 aliphatic heterocycles. The van der Waals surface area contributed by atoms with Crippen molar-refractivity contribution in [2.45, 2.75) is 19.8 Å². The van der Waals surface area contributed by atoms with Gasteiger partial charge in [-0.1, -0.05) is 19.4 Å². The molecule has 1 rings (SSSR count). The summed E-state index contributed by atoms with van der Waals surface area (Å²) in [5, 5.41) is 29.0. The molecule has 0 fully saturated rings. The zero-order valence-electron chi connectivity index (χ0n) is 11.4. The molecule has 0 saturated heterocycles. The van der Waals surface area contributed by atoms with Gasteiger partial charge in [-0.15, -0.1) is 0 Å². The van der Waals surface area contributed by atoms with Gasteiger partial charge in [-0.05, 0) is 24.1 Å². The van der Waals surface area contributed by atoms with E-state index in [-0.39, 0.29) is 17.7 Å². The first kappa shape index (κ1) is 16.2. The van der Waals surface area contributed by atoms with Gasteiger partial charge in [0.25, 0.3) is 0 Å². The number of nitro groups is 1. The lowest BCUT2D eigenvalue weighted by molar-refractivity contribution is -0.385. The van der Waals surface area contributed by atoms with E-state index in [0.717, 1.165) is 18.6 Å². The average molecular weight is 290 g/mol. The summed E-state index contributed by atoms with van der Waals surface area (Å²) in [6.45, 7) is 2.15. The molecule has 0 atom stereocenters. The summed E-state index contributed by atoms with van der Waals surface area (Å²) in [5.74, 6) is -1.26. The number of carbonyl (C=O) groups excluding carboxylic acids is 1. The summed E-state index contributed by atoms with van der Waals surface area (Å²) in [6, 6.07) is 5.26. The molecule has 0 aromatic heterocycles. The number of nitriles is 1. The van der Waals surface area contributed by atoms with E-state index in [4.69, 9.17) is 10.00 Å². The minimum Gasteiger partial charge on any atom is -0.502 e. The SMILES string of the molecule is CCCCOC(=O)/C(C#N)=C/c1ccc(O)c([N+](=O)[O-])c1. The molecule has 0 aliphatic rings. The first-order chi connectivity index (χ1) is 9.99. The van der Waals surface area contributed by atoms with Crippen molar-refractivity contribution in [2.24, 2.45) is 0 Å². The van der Waals surface area contributed by atoms with Crippen LogP contribution in [-0.2, 0) is 9.53 Å². The van der Waals surface area contributed by atoms with Crippen LogP contribution in [0.3, 0.4) is 0 Å². The van der Waals surface area contributed by atoms with Gasteiger partial charge in [-0.3, -0.25) is 10.1 Å². The van der Waals surface area contributed by atoms with Gasteiger partial charge < -0.3 is 9.84 Å². The van der Waals surface area contributed by atoms with Crippen molar-refractivity contribution >= 4 is 17.7 Å². The molecule has 0 heterocycles. The molecule has 7 heteroatoms. The number of nitrogens with zero attached hydrogens (tertiary/aromatic N) is 2. The summed E-state index contributed by atoms with van der Waals surface area (Å²) in [7, 11) is 0. The fraction of sp³-hybridized carbons (Fsp3) is 0.286. The zero-order chi connectivity index (χ0) is 15.8. The van der Waals surface area contributed by atoms with E-state index in [9.17, 15) is 20.0 Å². The second-order valence-electron chi connectivity index (χ2n) is 4.16. The standard InChI is InChI=1S/C14H14N2O5/c1-2-3-6-21-14(18)11(9-15)7-10-4-5-13(17)12(8-10)16(19)20/h4-5,7-8,17H,2-3,6H2,1H3/b11-7+. The van der Waals surface area contributed by atoms with E-state index in [1.807, 2.05) is 6.92 Å². The summed E-state index contributed by atoms with van der Waals surface area (Å²) in [5.41, 5.74) is -0.505. The predicted octanol–water partition coefficient (Wildman–Crippen LogP) is 2.55. The van der Waals surface area contributed by atoms with Crippen LogP contribution < -0.4 is 0 Å². The van der Waals surface area contributed by atoms with E-state index < -0.39 is 22.3 Å². The van der Waals surface area contributed by atoms with Crippen LogP contribution in [-0.4, -0.2) is 22.6 Å². The van der Waals surface area contributed by atoms with Gasteiger partial charge in [-0.2, -0.15) is 5.26 Å². The number of esters is 1. The van der Waals surface area contributed by atoms with Crippen LogP contribution in [0.15, 0.2) is 23.8 Å². The molecule has 0 bridgehead atoms. The second-order valence-corrected chi connectivity index (χ2v) is 4.16. The maximum absolute atomic E-state index is 11.6. The van der Waals surface area contributed by atoms with Gasteiger partial charge in [0.2, 0.25) is 0 Å². The summed E-state index contributed by atoms with van der Waals surface area (Å²) >= 11 is 0. The van der Waals surface area contributed by atoms with Gasteiger partial charge in [0.15, 0.2) is 5.75 Å². The molecule has 21 heavy (non-hydrogen) atoms. The normalized spacial score (nSPS) is 10.8. The minimum atomic E-state index is -0.776. The molecular weight excluding hydrogens is 276 g/mol. The number of unbranched alkanes of at least 4 members (excludes halogenated alkanes) is 1. The van der Waals surface area contributed by atoms with Crippen LogP contribution in [0.2, 0.25) is 0 Å². The summed E-state index contributed by atoms with van der Waals surface area (Å²) in [4.78, 5) is 21.6. The Morgan fingerprint density at radius 2 is 2.29 bits per heavy atom. The number of phenols is 1. The Bertz CT molecular complexity index is 616. The number of hydrogen-bond acceptors (Lipinski definition) is 6. The van der Waals surface area contributed by atoms with E-state index in [1.165, 1.54) is 12.1 Å². The molecule has 1 aromatic rings. The Morgan fingerprint density at radius 3 is 2.86 bits per heavy atom. The lowest BCUT2D eigenvalue weighted by atomic mass is 10.1. The number of ether oxygens (including phenoxy) is 1. The first-order valence-corrected chi connectivity index (χ1v) is 6.26. The van der Waals surface area contributed by atoms with Crippen molar-refractivity contribution in [3.8, 4) is 11.8 Å². The lowest BCUT2D eigenvalue weighted by Crippen LogP contribution is -2.07. The van der Waals surface area contributed by atoms with E-state index >= 15 is 0 Å². The largest absolute Gasteiger partial charge is 0.502 e. The third-order valence-corrected chi connectivity index (χ3v) is 2.58. The minimum absolute atomic E-state index is 0.212. The lowest BCUT2D eigenvalue weighted by Gasteiger charge is -2.03. The molecule has 0 amide bonds. The quantitative estimate of drug-likeness (QED) is 0.215. The number of phenolic OH excluding ortho intramolecular Hbond substituents is 1. The van der Waals surface area contributed by atoms with Crippen molar-refractivity contribution in [3.05, 3.63) is 39.4 Å². The highest BCUT2D eigenvalue weighted by Gasteiger charge is 2.15. The monoisotopic (exact) mass is 290 g/mol. The highest BCUT2D eigenvalue weighted by molar-refractivity contribution is 5.98. The van der Waals surface area contributed by atoms with Crippen molar-refractivity contribution < 1.29 is 19.6 Å². The second kappa shape index (κ2) is 7.65. The number of aromatic hydroxyl groups is 1. The Hall–Kier alpha value is -2.88. The number of hydrogen-bond donors (Lipinski definition) is 1. The Labute approximate surface area is 121 Å². The summed E-state index contributed by atoms with van der Waals surface area (Å²) < 4.78 is 4.90. The molecular formula is C14H14N2O5. The predicted molar refractivity (Wildman–Crippen MR) is 74.2 cm³/mol. The van der Waals surface area contributed by atoms with E-state index in [0.29, 0.717) is 6.42 Å². The van der Waals surface area contributed by atoms with Crippen molar-refractivity contribution in [1.82, 2.24) is 0 Å². The first-order valence-electron chi connectivity index (χ1n) is 6.26. The van der Waals surface area contributed by atoms with Gasteiger partial charge in [0.05, 0.1) is 11.5 Å². The van der Waals surface area contributed by atoms with Gasteiger partial charge >= 0.3 is 11.7 Å². The van der Waals surface area contributed by atoms with Crippen molar-refractivity contribution in [2.75, 3.05) is 6.61 Å². The fourth-order valence-electron chi connectivity index (χ4n) is 1.47. The van der Waals surface area contributed by atoms with Crippen LogP contribution in [0.5, 0.6) is 5.75 Å². The maximum Gasteiger partial charge on any atom is 0.348 e. The third kappa shape index (κ3) is 4.62. The van der Waals surface area contributed by atoms with Gasteiger partial charge in [-0.25, -0.2) is 4.79 Å². The van der Waals surface area contributed by atoms with Crippen LogP contribution in [0.4, 0.5) is 5.69 Å². The molecule has 0 aliphatic carbocycles. The van der Waals surface area contributed by atoms with Crippen molar-refractivity contribution in [1.29, 1.82) is 5.26 Å². The van der Waals surface area contributed by atoms with Crippen LogP contribution >= 0.6 is 0 Å². The smallest absolute Gasteiger partial charge is 0.348 e. The van der Waals surface area contributed by atoms with E-state index in [2.05, 4.69) is 0 Å². The average Bonchev–Trinajstić information content (AvgIpc) is 2.46. The van der Waals surface area contributed by atoms with E-state index in [1.54, 1.807) is 6.07 Å². The Balaban J connectivity index is 2.98.